The van der Waals surface area contributed by atoms with Crippen LogP contribution in [-0.4, -0.2) is 71.6 Å². The van der Waals surface area contributed by atoms with Crippen molar-refractivity contribution in [2.24, 2.45) is 29.6 Å². The molecule has 4 aliphatic rings. The SMILES string of the molecule is CC(C)=CCC/C(C)=C/CN(CCNC1C2CC3CC(C2)CC1C3)C(=O)OCOC(=O)C(C)C.O=C(O)/C=C\C(=O)O. The number of rotatable bonds is 14. The van der Waals surface area contributed by atoms with Crippen molar-refractivity contribution in [2.45, 2.75) is 85.6 Å². The summed E-state index contributed by atoms with van der Waals surface area (Å²) in [6.07, 6.45) is 14.0. The van der Waals surface area contributed by atoms with Crippen molar-refractivity contribution in [2.75, 3.05) is 26.4 Å². The fraction of sp³-hybridized carbons (Fsp3) is 0.688. The van der Waals surface area contributed by atoms with Gasteiger partial charge in [0.05, 0.1) is 5.92 Å². The fourth-order valence-corrected chi connectivity index (χ4v) is 6.38. The number of hydrogen-bond donors (Lipinski definition) is 3. The molecule has 4 bridgehead atoms. The Labute approximate surface area is 250 Å². The molecule has 1 amide bonds. The van der Waals surface area contributed by atoms with Crippen LogP contribution in [0.25, 0.3) is 0 Å². The van der Waals surface area contributed by atoms with E-state index in [9.17, 15) is 19.2 Å². The molecule has 4 saturated carbocycles. The zero-order chi connectivity index (χ0) is 31.2. The molecular weight excluding hydrogens is 540 g/mol. The molecule has 4 aliphatic carbocycles. The Morgan fingerprint density at radius 2 is 1.45 bits per heavy atom. The fourth-order valence-electron chi connectivity index (χ4n) is 6.38. The van der Waals surface area contributed by atoms with Gasteiger partial charge in [0.1, 0.15) is 0 Å². The molecule has 0 aromatic rings. The first kappa shape index (κ1) is 35.1. The summed E-state index contributed by atoms with van der Waals surface area (Å²) in [5, 5.41) is 19.4. The van der Waals surface area contributed by atoms with Gasteiger partial charge in [-0.25, -0.2) is 14.4 Å². The van der Waals surface area contributed by atoms with E-state index in [1.54, 1.807) is 18.7 Å². The topological polar surface area (TPSA) is 142 Å². The lowest BCUT2D eigenvalue weighted by Gasteiger charge is -2.54. The highest BCUT2D eigenvalue weighted by Gasteiger charge is 2.47. The summed E-state index contributed by atoms with van der Waals surface area (Å²) in [4.78, 5) is 45.3. The van der Waals surface area contributed by atoms with Crippen molar-refractivity contribution in [3.63, 3.8) is 0 Å². The van der Waals surface area contributed by atoms with Gasteiger partial charge < -0.3 is 29.9 Å². The first-order valence-electron chi connectivity index (χ1n) is 15.1. The molecule has 0 radical (unpaired) electrons. The molecule has 0 aromatic heterocycles. The predicted octanol–water partition coefficient (Wildman–Crippen LogP) is 5.40. The zero-order valence-electron chi connectivity index (χ0n) is 25.8. The van der Waals surface area contributed by atoms with Crippen LogP contribution in [0, 0.1) is 29.6 Å². The van der Waals surface area contributed by atoms with Crippen LogP contribution >= 0.6 is 0 Å². The Kier molecular flexibility index (Phi) is 14.8. The lowest BCUT2D eigenvalue weighted by molar-refractivity contribution is -0.156. The van der Waals surface area contributed by atoms with Crippen LogP contribution in [-0.2, 0) is 23.9 Å². The Hall–Kier alpha value is -3.14. The number of esters is 1. The van der Waals surface area contributed by atoms with Gasteiger partial charge in [0.15, 0.2) is 0 Å². The molecule has 42 heavy (non-hydrogen) atoms. The quantitative estimate of drug-likeness (QED) is 0.105. The van der Waals surface area contributed by atoms with E-state index in [4.69, 9.17) is 19.7 Å². The van der Waals surface area contributed by atoms with E-state index < -0.39 is 18.0 Å². The third-order valence-corrected chi connectivity index (χ3v) is 8.22. The molecule has 4 rings (SSSR count). The molecule has 0 spiro atoms. The third kappa shape index (κ3) is 12.8. The van der Waals surface area contributed by atoms with Crippen molar-refractivity contribution in [1.82, 2.24) is 10.2 Å². The number of ether oxygens (including phenoxy) is 2. The highest BCUT2D eigenvalue weighted by Crippen LogP contribution is 2.53. The minimum atomic E-state index is -1.26. The van der Waals surface area contributed by atoms with E-state index >= 15 is 0 Å². The number of carbonyl (C=O) groups is 4. The largest absolute Gasteiger partial charge is 0.478 e. The van der Waals surface area contributed by atoms with Crippen LogP contribution in [0.1, 0.15) is 79.6 Å². The van der Waals surface area contributed by atoms with E-state index in [0.717, 1.165) is 43.1 Å². The van der Waals surface area contributed by atoms with E-state index in [0.29, 0.717) is 31.3 Å². The van der Waals surface area contributed by atoms with Gasteiger partial charge in [0.25, 0.3) is 0 Å². The second-order valence-electron chi connectivity index (χ2n) is 12.4. The number of allylic oxidation sites excluding steroid dienone is 3. The highest BCUT2D eigenvalue weighted by atomic mass is 16.7. The molecule has 0 atom stereocenters. The maximum atomic E-state index is 12.8. The average molecular weight is 591 g/mol. The van der Waals surface area contributed by atoms with Crippen molar-refractivity contribution < 1.29 is 38.9 Å². The van der Waals surface area contributed by atoms with E-state index in [2.05, 4.69) is 38.2 Å². The Morgan fingerprint density at radius 1 is 0.881 bits per heavy atom. The monoisotopic (exact) mass is 590 g/mol. The second kappa shape index (κ2) is 17.7. The summed E-state index contributed by atoms with van der Waals surface area (Å²) >= 11 is 0. The maximum Gasteiger partial charge on any atom is 0.412 e. The molecule has 0 aromatic carbocycles. The molecule has 0 aliphatic heterocycles. The average Bonchev–Trinajstić information content (AvgIpc) is 2.90. The first-order chi connectivity index (χ1) is 19.8. The standard InChI is InChI=1S/C28H46N2O4.C4H4O4/c1-19(2)7-6-8-21(5)9-11-30(28(32)34-18-33-27(31)20(3)4)12-10-29-26-24-14-22-13-23(16-24)17-25(26)15-22;5-3(6)1-2-4(7)8/h7,9,20,22-26,29H,6,8,10-18H2,1-5H3;1-2H,(H,5,6)(H,7,8)/b21-9+;2-1-. The van der Waals surface area contributed by atoms with Gasteiger partial charge in [0, 0.05) is 37.8 Å². The van der Waals surface area contributed by atoms with Gasteiger partial charge in [0.2, 0.25) is 6.79 Å². The molecule has 0 saturated heterocycles. The first-order valence-corrected chi connectivity index (χ1v) is 15.1. The van der Waals surface area contributed by atoms with Crippen molar-refractivity contribution in [1.29, 1.82) is 0 Å². The molecule has 0 heterocycles. The van der Waals surface area contributed by atoms with E-state index in [1.807, 2.05) is 0 Å². The second-order valence-corrected chi connectivity index (χ2v) is 12.4. The number of carboxylic acid groups (broad SMARTS) is 2. The third-order valence-electron chi connectivity index (χ3n) is 8.22. The van der Waals surface area contributed by atoms with Crippen molar-refractivity contribution >= 4 is 24.0 Å². The number of amides is 1. The molecule has 3 N–H and O–H groups in total. The van der Waals surface area contributed by atoms with Crippen LogP contribution in [0.2, 0.25) is 0 Å². The molecule has 0 unspecified atom stereocenters. The van der Waals surface area contributed by atoms with Crippen LogP contribution in [0.5, 0.6) is 0 Å². The van der Waals surface area contributed by atoms with Crippen LogP contribution in [0.15, 0.2) is 35.5 Å². The smallest absolute Gasteiger partial charge is 0.412 e. The summed E-state index contributed by atoms with van der Waals surface area (Å²) in [6.45, 7) is 11.4. The van der Waals surface area contributed by atoms with Gasteiger partial charge in [-0.05, 0) is 89.4 Å². The summed E-state index contributed by atoms with van der Waals surface area (Å²) in [5.74, 6) is 0.415. The lowest BCUT2D eigenvalue weighted by Crippen LogP contribution is -2.55. The van der Waals surface area contributed by atoms with Gasteiger partial charge in [-0.15, -0.1) is 0 Å². The number of aliphatic carboxylic acids is 2. The summed E-state index contributed by atoms with van der Waals surface area (Å²) in [7, 11) is 0. The van der Waals surface area contributed by atoms with Crippen molar-refractivity contribution in [3.8, 4) is 0 Å². The minimum Gasteiger partial charge on any atom is -0.478 e. The predicted molar refractivity (Wildman–Crippen MR) is 160 cm³/mol. The molecule has 10 nitrogen and oxygen atoms in total. The zero-order valence-corrected chi connectivity index (χ0v) is 25.8. The van der Waals surface area contributed by atoms with E-state index in [1.165, 1.54) is 43.3 Å². The molecule has 236 valence electrons. The minimum absolute atomic E-state index is 0.244. The summed E-state index contributed by atoms with van der Waals surface area (Å²) in [6, 6.07) is 0.596. The number of hydrogen-bond acceptors (Lipinski definition) is 7. The van der Waals surface area contributed by atoms with Gasteiger partial charge >= 0.3 is 24.0 Å². The molecule has 4 fully saturated rings. The van der Waals surface area contributed by atoms with Gasteiger partial charge in [-0.3, -0.25) is 4.79 Å². The van der Waals surface area contributed by atoms with Gasteiger partial charge in [-0.1, -0.05) is 37.1 Å². The number of nitrogens with zero attached hydrogens (tertiary/aromatic N) is 1. The molecular formula is C32H50N2O8. The summed E-state index contributed by atoms with van der Waals surface area (Å²) in [5.41, 5.74) is 2.58. The molecule has 10 heteroatoms. The highest BCUT2D eigenvalue weighted by molar-refractivity contribution is 5.89. The normalized spacial score (nSPS) is 24.1. The Balaban J connectivity index is 0.000000675. The van der Waals surface area contributed by atoms with Gasteiger partial charge in [-0.2, -0.15) is 0 Å². The maximum absolute atomic E-state index is 12.8. The Morgan fingerprint density at radius 3 is 1.95 bits per heavy atom. The van der Waals surface area contributed by atoms with E-state index in [-0.39, 0.29) is 18.7 Å². The lowest BCUT2D eigenvalue weighted by atomic mass is 9.54. The summed E-state index contributed by atoms with van der Waals surface area (Å²) < 4.78 is 10.3. The van der Waals surface area contributed by atoms with Crippen LogP contribution in [0.4, 0.5) is 4.79 Å². The number of carboxylic acids is 2. The number of nitrogens with one attached hydrogen (secondary N) is 1. The number of carbonyl (C=O) groups excluding carboxylic acids is 2. The Bertz CT molecular complexity index is 968. The van der Waals surface area contributed by atoms with Crippen LogP contribution in [0.3, 0.4) is 0 Å². The van der Waals surface area contributed by atoms with Crippen molar-refractivity contribution in [3.05, 3.63) is 35.5 Å². The van der Waals surface area contributed by atoms with Crippen LogP contribution < -0.4 is 5.32 Å².